The highest BCUT2D eigenvalue weighted by Crippen LogP contribution is 2.22. The number of benzene rings is 2. The number of ether oxygens (including phenoxy) is 1. The van der Waals surface area contributed by atoms with Gasteiger partial charge in [-0.2, -0.15) is 0 Å². The van der Waals surface area contributed by atoms with Crippen molar-refractivity contribution in [2.45, 2.75) is 6.54 Å². The molecule has 0 heterocycles. The van der Waals surface area contributed by atoms with Crippen LogP contribution in [0.15, 0.2) is 42.5 Å². The number of hydrogen-bond acceptors (Lipinski definition) is 3. The lowest BCUT2D eigenvalue weighted by atomic mass is 10.1. The fourth-order valence-electron chi connectivity index (χ4n) is 1.85. The first-order valence-electron chi connectivity index (χ1n) is 6.07. The molecule has 0 atom stereocenters. The molecule has 2 aromatic rings. The molecule has 0 aliphatic heterocycles. The number of amides is 1. The van der Waals surface area contributed by atoms with Gasteiger partial charge in [-0.1, -0.05) is 35.9 Å². The zero-order chi connectivity index (χ0) is 14.5. The van der Waals surface area contributed by atoms with Gasteiger partial charge in [-0.05, 0) is 18.2 Å². The molecule has 3 N–H and O–H groups in total. The molecule has 0 spiro atoms. The third-order valence-electron chi connectivity index (χ3n) is 2.93. The zero-order valence-electron chi connectivity index (χ0n) is 11.0. The summed E-state index contributed by atoms with van der Waals surface area (Å²) in [5.41, 5.74) is 7.34. The lowest BCUT2D eigenvalue weighted by Gasteiger charge is -2.11. The molecule has 20 heavy (non-hydrogen) atoms. The quantitative estimate of drug-likeness (QED) is 0.851. The Morgan fingerprint density at radius 1 is 1.25 bits per heavy atom. The SMILES string of the molecule is COc1ccccc1CNC(=O)c1cccc(Cl)c1N. The summed E-state index contributed by atoms with van der Waals surface area (Å²) in [6, 6.07) is 12.5. The van der Waals surface area contributed by atoms with Crippen LogP contribution in [0.3, 0.4) is 0 Å². The van der Waals surface area contributed by atoms with Crippen LogP contribution in [0.4, 0.5) is 5.69 Å². The van der Waals surface area contributed by atoms with E-state index in [-0.39, 0.29) is 11.6 Å². The standard InChI is InChI=1S/C15H15ClN2O2/c1-20-13-8-3-2-5-10(13)9-18-15(19)11-6-4-7-12(16)14(11)17/h2-8H,9,17H2,1H3,(H,18,19). The van der Waals surface area contributed by atoms with Crippen LogP contribution in [0.25, 0.3) is 0 Å². The van der Waals surface area contributed by atoms with Crippen molar-refractivity contribution in [3.63, 3.8) is 0 Å². The van der Waals surface area contributed by atoms with Gasteiger partial charge in [-0.3, -0.25) is 4.79 Å². The van der Waals surface area contributed by atoms with Crippen molar-refractivity contribution in [3.8, 4) is 5.75 Å². The Labute approximate surface area is 122 Å². The number of nitrogens with one attached hydrogen (secondary N) is 1. The summed E-state index contributed by atoms with van der Waals surface area (Å²) < 4.78 is 5.23. The van der Waals surface area contributed by atoms with Crippen LogP contribution in [0.2, 0.25) is 5.02 Å². The van der Waals surface area contributed by atoms with Gasteiger partial charge < -0.3 is 15.8 Å². The average molecular weight is 291 g/mol. The molecule has 0 unspecified atom stereocenters. The van der Waals surface area contributed by atoms with Gasteiger partial charge in [0.2, 0.25) is 0 Å². The molecule has 2 aromatic carbocycles. The van der Waals surface area contributed by atoms with Crippen LogP contribution in [0.1, 0.15) is 15.9 Å². The number of methoxy groups -OCH3 is 1. The fraction of sp³-hybridized carbons (Fsp3) is 0.133. The molecule has 0 saturated heterocycles. The van der Waals surface area contributed by atoms with Gasteiger partial charge in [0.1, 0.15) is 5.75 Å². The molecule has 5 heteroatoms. The summed E-state index contributed by atoms with van der Waals surface area (Å²) in [4.78, 5) is 12.1. The van der Waals surface area contributed by atoms with Crippen LogP contribution in [0, 0.1) is 0 Å². The molecule has 104 valence electrons. The number of nitrogen functional groups attached to an aromatic ring is 1. The number of hydrogen-bond donors (Lipinski definition) is 2. The van der Waals surface area contributed by atoms with E-state index in [9.17, 15) is 4.79 Å². The molecule has 1 amide bonds. The Morgan fingerprint density at radius 3 is 2.75 bits per heavy atom. The Bertz CT molecular complexity index is 629. The van der Waals surface area contributed by atoms with Gasteiger partial charge in [0.05, 0.1) is 23.4 Å². The van der Waals surface area contributed by atoms with Crippen molar-refractivity contribution in [1.82, 2.24) is 5.32 Å². The second-order valence-corrected chi connectivity index (χ2v) is 4.60. The molecule has 0 aliphatic rings. The van der Waals surface area contributed by atoms with Crippen molar-refractivity contribution in [2.75, 3.05) is 12.8 Å². The van der Waals surface area contributed by atoms with Crippen LogP contribution >= 0.6 is 11.6 Å². The Morgan fingerprint density at radius 2 is 2.00 bits per heavy atom. The van der Waals surface area contributed by atoms with Crippen molar-refractivity contribution in [1.29, 1.82) is 0 Å². The second kappa shape index (κ2) is 6.30. The molecule has 0 aromatic heterocycles. The molecule has 0 radical (unpaired) electrons. The molecule has 4 nitrogen and oxygen atoms in total. The Hall–Kier alpha value is -2.20. The van der Waals surface area contributed by atoms with Crippen LogP contribution in [-0.2, 0) is 6.54 Å². The molecule has 0 aliphatic carbocycles. The third-order valence-corrected chi connectivity index (χ3v) is 3.26. The zero-order valence-corrected chi connectivity index (χ0v) is 11.8. The number of halogens is 1. The highest BCUT2D eigenvalue weighted by molar-refractivity contribution is 6.33. The molecule has 2 rings (SSSR count). The van der Waals surface area contributed by atoms with Gasteiger partial charge in [0.25, 0.3) is 5.91 Å². The first kappa shape index (κ1) is 14.2. The minimum atomic E-state index is -0.268. The van der Waals surface area contributed by atoms with E-state index in [1.165, 1.54) is 0 Å². The normalized spacial score (nSPS) is 10.1. The summed E-state index contributed by atoms with van der Waals surface area (Å²) in [5, 5.41) is 3.17. The fourth-order valence-corrected chi connectivity index (χ4v) is 2.03. The topological polar surface area (TPSA) is 64.3 Å². The number of para-hydroxylation sites is 2. The van der Waals surface area contributed by atoms with Gasteiger partial charge in [-0.15, -0.1) is 0 Å². The first-order valence-corrected chi connectivity index (χ1v) is 6.45. The number of carbonyl (C=O) groups excluding carboxylic acids is 1. The summed E-state index contributed by atoms with van der Waals surface area (Å²) in [6.45, 7) is 0.356. The predicted octanol–water partition coefficient (Wildman–Crippen LogP) is 2.86. The average Bonchev–Trinajstić information content (AvgIpc) is 2.48. The molecular formula is C15H15ClN2O2. The monoisotopic (exact) mass is 290 g/mol. The van der Waals surface area contributed by atoms with E-state index >= 15 is 0 Å². The second-order valence-electron chi connectivity index (χ2n) is 4.20. The van der Waals surface area contributed by atoms with Crippen molar-refractivity contribution in [3.05, 3.63) is 58.6 Å². The molecule has 0 saturated carbocycles. The van der Waals surface area contributed by atoms with Gasteiger partial charge in [-0.25, -0.2) is 0 Å². The minimum Gasteiger partial charge on any atom is -0.496 e. The lowest BCUT2D eigenvalue weighted by molar-refractivity contribution is 0.0951. The molecular weight excluding hydrogens is 276 g/mol. The van der Waals surface area contributed by atoms with E-state index in [1.807, 2.05) is 24.3 Å². The van der Waals surface area contributed by atoms with Crippen LogP contribution in [0.5, 0.6) is 5.75 Å². The third kappa shape index (κ3) is 3.03. The highest BCUT2D eigenvalue weighted by Gasteiger charge is 2.12. The number of anilines is 1. The number of nitrogens with two attached hydrogens (primary N) is 1. The van der Waals surface area contributed by atoms with E-state index < -0.39 is 0 Å². The summed E-state index contributed by atoms with van der Waals surface area (Å²) in [5.74, 6) is 0.461. The maximum Gasteiger partial charge on any atom is 0.253 e. The minimum absolute atomic E-state index is 0.268. The van der Waals surface area contributed by atoms with E-state index in [4.69, 9.17) is 22.1 Å². The predicted molar refractivity (Wildman–Crippen MR) is 80.0 cm³/mol. The summed E-state index contributed by atoms with van der Waals surface area (Å²) in [7, 11) is 1.59. The van der Waals surface area contributed by atoms with Gasteiger partial charge in [0, 0.05) is 12.1 Å². The van der Waals surface area contributed by atoms with Gasteiger partial charge >= 0.3 is 0 Å². The maximum atomic E-state index is 12.1. The number of carbonyl (C=O) groups is 1. The smallest absolute Gasteiger partial charge is 0.253 e. The lowest BCUT2D eigenvalue weighted by Crippen LogP contribution is -2.24. The molecule has 0 bridgehead atoms. The largest absolute Gasteiger partial charge is 0.496 e. The summed E-state index contributed by atoms with van der Waals surface area (Å²) in [6.07, 6.45) is 0. The van der Waals surface area contributed by atoms with Crippen LogP contribution < -0.4 is 15.8 Å². The Balaban J connectivity index is 2.11. The van der Waals surface area contributed by atoms with E-state index in [2.05, 4.69) is 5.32 Å². The van der Waals surface area contributed by atoms with E-state index in [0.29, 0.717) is 17.1 Å². The van der Waals surface area contributed by atoms with E-state index in [0.717, 1.165) is 11.3 Å². The Kier molecular flexibility index (Phi) is 4.48. The van der Waals surface area contributed by atoms with Crippen molar-refractivity contribution < 1.29 is 9.53 Å². The first-order chi connectivity index (χ1) is 9.63. The van der Waals surface area contributed by atoms with Crippen molar-refractivity contribution in [2.24, 2.45) is 0 Å². The highest BCUT2D eigenvalue weighted by atomic mass is 35.5. The maximum absolute atomic E-state index is 12.1. The van der Waals surface area contributed by atoms with Crippen LogP contribution in [-0.4, -0.2) is 13.0 Å². The van der Waals surface area contributed by atoms with Gasteiger partial charge in [0.15, 0.2) is 0 Å². The summed E-state index contributed by atoms with van der Waals surface area (Å²) >= 11 is 5.90. The number of rotatable bonds is 4. The van der Waals surface area contributed by atoms with E-state index in [1.54, 1.807) is 25.3 Å². The van der Waals surface area contributed by atoms with Crippen molar-refractivity contribution >= 4 is 23.2 Å². The molecule has 0 fully saturated rings.